The lowest BCUT2D eigenvalue weighted by atomic mass is 9.93. The van der Waals surface area contributed by atoms with Gasteiger partial charge in [0.25, 0.3) is 0 Å². The van der Waals surface area contributed by atoms with Crippen molar-refractivity contribution in [3.8, 4) is 0 Å². The molecule has 2 heterocycles. The maximum atomic E-state index is 12.2. The molecule has 2 rings (SSSR count). The van der Waals surface area contributed by atoms with Gasteiger partial charge in [-0.2, -0.15) is 11.3 Å². The van der Waals surface area contributed by atoms with Crippen molar-refractivity contribution >= 4 is 23.3 Å². The van der Waals surface area contributed by atoms with E-state index in [9.17, 15) is 9.59 Å². The summed E-state index contributed by atoms with van der Waals surface area (Å²) in [6.45, 7) is 4.26. The zero-order valence-corrected chi connectivity index (χ0v) is 14.1. The third-order valence-corrected chi connectivity index (χ3v) is 5.03. The molecule has 1 aliphatic heterocycles. The van der Waals surface area contributed by atoms with Gasteiger partial charge in [0.15, 0.2) is 0 Å². The summed E-state index contributed by atoms with van der Waals surface area (Å²) in [4.78, 5) is 25.4. The van der Waals surface area contributed by atoms with Crippen molar-refractivity contribution in [2.45, 2.75) is 32.1 Å². The number of nitrogens with one attached hydrogen (secondary N) is 2. The molecule has 0 spiro atoms. The minimum atomic E-state index is 0.0143. The van der Waals surface area contributed by atoms with Gasteiger partial charge in [0.1, 0.15) is 0 Å². The number of hydrogen-bond donors (Lipinski definition) is 2. The number of piperidine rings is 1. The number of amides is 3. The molecule has 0 aliphatic carbocycles. The van der Waals surface area contributed by atoms with E-state index in [1.54, 1.807) is 18.4 Å². The SMILES string of the molecule is CNC(=O)CC1CCN(C(=O)NC[C@@H](C)c2ccsc2)CC1. The lowest BCUT2D eigenvalue weighted by Gasteiger charge is -2.32. The minimum Gasteiger partial charge on any atom is -0.359 e. The Hall–Kier alpha value is -1.56. The highest BCUT2D eigenvalue weighted by Gasteiger charge is 2.24. The predicted octanol–water partition coefficient (Wildman–Crippen LogP) is 2.41. The molecule has 3 amide bonds. The van der Waals surface area contributed by atoms with Crippen molar-refractivity contribution in [1.82, 2.24) is 15.5 Å². The van der Waals surface area contributed by atoms with E-state index in [0.717, 1.165) is 25.9 Å². The Morgan fingerprint density at radius 2 is 2.14 bits per heavy atom. The largest absolute Gasteiger partial charge is 0.359 e. The summed E-state index contributed by atoms with van der Waals surface area (Å²) in [5.74, 6) is 0.821. The molecule has 1 aromatic rings. The summed E-state index contributed by atoms with van der Waals surface area (Å²) < 4.78 is 0. The summed E-state index contributed by atoms with van der Waals surface area (Å²) in [6, 6.07) is 2.12. The smallest absolute Gasteiger partial charge is 0.317 e. The van der Waals surface area contributed by atoms with Crippen LogP contribution in [0.4, 0.5) is 4.79 Å². The second-order valence-electron chi connectivity index (χ2n) is 5.95. The molecule has 0 saturated carbocycles. The number of rotatable bonds is 5. The maximum absolute atomic E-state index is 12.2. The zero-order chi connectivity index (χ0) is 15.9. The number of hydrogen-bond acceptors (Lipinski definition) is 3. The van der Waals surface area contributed by atoms with Gasteiger partial charge in [-0.05, 0) is 47.1 Å². The molecule has 1 aromatic heterocycles. The summed E-state index contributed by atoms with van der Waals surface area (Å²) in [5.41, 5.74) is 1.27. The first-order valence-electron chi connectivity index (χ1n) is 7.85. The molecule has 1 aliphatic rings. The van der Waals surface area contributed by atoms with Crippen LogP contribution in [0.25, 0.3) is 0 Å². The fraction of sp³-hybridized carbons (Fsp3) is 0.625. The van der Waals surface area contributed by atoms with E-state index in [-0.39, 0.29) is 11.9 Å². The Morgan fingerprint density at radius 3 is 2.73 bits per heavy atom. The average molecular weight is 323 g/mol. The van der Waals surface area contributed by atoms with Gasteiger partial charge >= 0.3 is 6.03 Å². The van der Waals surface area contributed by atoms with Crippen molar-refractivity contribution in [2.24, 2.45) is 5.92 Å². The zero-order valence-electron chi connectivity index (χ0n) is 13.3. The molecular formula is C16H25N3O2S. The van der Waals surface area contributed by atoms with Crippen LogP contribution in [-0.2, 0) is 4.79 Å². The molecule has 0 unspecified atom stereocenters. The molecule has 122 valence electrons. The van der Waals surface area contributed by atoms with Crippen LogP contribution >= 0.6 is 11.3 Å². The third-order valence-electron chi connectivity index (χ3n) is 4.33. The standard InChI is InChI=1S/C16H25N3O2S/c1-12(14-5-8-22-11-14)10-18-16(21)19-6-3-13(4-7-19)9-15(20)17-2/h5,8,11-13H,3-4,6-7,9-10H2,1-2H3,(H,17,20)(H,18,21)/t12-/m1/s1. The molecule has 22 heavy (non-hydrogen) atoms. The normalized spacial score (nSPS) is 17.1. The van der Waals surface area contributed by atoms with Crippen LogP contribution in [0, 0.1) is 5.92 Å². The Kier molecular flexibility index (Phi) is 6.24. The van der Waals surface area contributed by atoms with Crippen LogP contribution in [0.15, 0.2) is 16.8 Å². The fourth-order valence-electron chi connectivity index (χ4n) is 2.73. The monoisotopic (exact) mass is 323 g/mol. The van der Waals surface area contributed by atoms with Gasteiger partial charge in [-0.3, -0.25) is 4.79 Å². The number of thiophene rings is 1. The molecule has 6 heteroatoms. The van der Waals surface area contributed by atoms with Gasteiger partial charge < -0.3 is 15.5 Å². The van der Waals surface area contributed by atoms with Crippen molar-refractivity contribution < 1.29 is 9.59 Å². The molecule has 0 radical (unpaired) electrons. The van der Waals surface area contributed by atoms with E-state index in [1.807, 2.05) is 4.90 Å². The Labute approximate surface area is 136 Å². The first-order chi connectivity index (χ1) is 10.6. The van der Waals surface area contributed by atoms with Crippen LogP contribution < -0.4 is 10.6 Å². The summed E-state index contributed by atoms with van der Waals surface area (Å²) >= 11 is 1.68. The summed E-state index contributed by atoms with van der Waals surface area (Å²) in [7, 11) is 1.67. The van der Waals surface area contributed by atoms with Gasteiger partial charge in [-0.15, -0.1) is 0 Å². The molecule has 0 aromatic carbocycles. The average Bonchev–Trinajstić information content (AvgIpc) is 3.07. The summed E-state index contributed by atoms with van der Waals surface area (Å²) in [6.07, 6.45) is 2.38. The van der Waals surface area contributed by atoms with Crippen LogP contribution in [0.3, 0.4) is 0 Å². The van der Waals surface area contributed by atoms with Crippen molar-refractivity contribution in [1.29, 1.82) is 0 Å². The fourth-order valence-corrected chi connectivity index (χ4v) is 3.51. The quantitative estimate of drug-likeness (QED) is 0.874. The molecule has 1 fully saturated rings. The highest BCUT2D eigenvalue weighted by Crippen LogP contribution is 2.21. The predicted molar refractivity (Wildman–Crippen MR) is 89.1 cm³/mol. The second-order valence-corrected chi connectivity index (χ2v) is 6.73. The van der Waals surface area contributed by atoms with Crippen molar-refractivity contribution in [3.05, 3.63) is 22.4 Å². The molecule has 5 nitrogen and oxygen atoms in total. The van der Waals surface area contributed by atoms with E-state index in [0.29, 0.717) is 24.8 Å². The highest BCUT2D eigenvalue weighted by molar-refractivity contribution is 7.07. The van der Waals surface area contributed by atoms with Crippen molar-refractivity contribution in [3.63, 3.8) is 0 Å². The first-order valence-corrected chi connectivity index (χ1v) is 8.80. The van der Waals surface area contributed by atoms with Crippen molar-refractivity contribution in [2.75, 3.05) is 26.7 Å². The first kappa shape index (κ1) is 16.8. The van der Waals surface area contributed by atoms with E-state index >= 15 is 0 Å². The van der Waals surface area contributed by atoms with Gasteiger partial charge in [-0.1, -0.05) is 6.92 Å². The van der Waals surface area contributed by atoms with Crippen LogP contribution in [0.1, 0.15) is 37.7 Å². The summed E-state index contributed by atoms with van der Waals surface area (Å²) in [5, 5.41) is 9.87. The molecular weight excluding hydrogens is 298 g/mol. The minimum absolute atomic E-state index is 0.0143. The molecule has 2 N–H and O–H groups in total. The maximum Gasteiger partial charge on any atom is 0.317 e. The van der Waals surface area contributed by atoms with E-state index in [2.05, 4.69) is 34.4 Å². The molecule has 0 bridgehead atoms. The molecule has 1 saturated heterocycles. The van der Waals surface area contributed by atoms with Gasteiger partial charge in [-0.25, -0.2) is 4.79 Å². The number of carbonyl (C=O) groups excluding carboxylic acids is 2. The van der Waals surface area contributed by atoms with Crippen LogP contribution in [-0.4, -0.2) is 43.5 Å². The number of carbonyl (C=O) groups is 2. The van der Waals surface area contributed by atoms with E-state index in [4.69, 9.17) is 0 Å². The van der Waals surface area contributed by atoms with E-state index in [1.165, 1.54) is 5.56 Å². The Bertz CT molecular complexity index is 482. The van der Waals surface area contributed by atoms with Gasteiger partial charge in [0, 0.05) is 33.1 Å². The van der Waals surface area contributed by atoms with Gasteiger partial charge in [0.05, 0.1) is 0 Å². The lowest BCUT2D eigenvalue weighted by molar-refractivity contribution is -0.121. The number of likely N-dealkylation sites (tertiary alicyclic amines) is 1. The topological polar surface area (TPSA) is 61.4 Å². The van der Waals surface area contributed by atoms with Crippen LogP contribution in [0.5, 0.6) is 0 Å². The molecule has 1 atom stereocenters. The highest BCUT2D eigenvalue weighted by atomic mass is 32.1. The Morgan fingerprint density at radius 1 is 1.41 bits per heavy atom. The third kappa shape index (κ3) is 4.73. The Balaban J connectivity index is 1.70. The lowest BCUT2D eigenvalue weighted by Crippen LogP contribution is -2.45. The number of urea groups is 1. The van der Waals surface area contributed by atoms with Gasteiger partial charge in [0.2, 0.25) is 5.91 Å². The van der Waals surface area contributed by atoms with E-state index < -0.39 is 0 Å². The second kappa shape index (κ2) is 8.17. The number of nitrogens with zero attached hydrogens (tertiary/aromatic N) is 1. The van der Waals surface area contributed by atoms with Crippen LogP contribution in [0.2, 0.25) is 0 Å².